The molecule has 4 heterocycles. The number of benzene rings is 1. The first-order valence-corrected chi connectivity index (χ1v) is 12.0. The molecule has 0 saturated heterocycles. The van der Waals surface area contributed by atoms with E-state index in [-0.39, 0.29) is 24.4 Å². The van der Waals surface area contributed by atoms with Crippen LogP contribution in [-0.4, -0.2) is 35.1 Å². The number of nitrogens with zero attached hydrogens (tertiary/aromatic N) is 2. The van der Waals surface area contributed by atoms with E-state index < -0.39 is 5.60 Å². The molecule has 0 amide bonds. The van der Waals surface area contributed by atoms with Crippen LogP contribution in [0.4, 0.5) is 0 Å². The van der Waals surface area contributed by atoms with Gasteiger partial charge in [-0.05, 0) is 55.0 Å². The number of methoxy groups -OCH3 is 1. The quantitative estimate of drug-likeness (QED) is 0.418. The minimum atomic E-state index is -1.17. The molecule has 2 aromatic heterocycles. The van der Waals surface area contributed by atoms with Crippen LogP contribution in [-0.2, 0) is 29.9 Å². The van der Waals surface area contributed by atoms with Gasteiger partial charge in [0.1, 0.15) is 0 Å². The zero-order valence-electron chi connectivity index (χ0n) is 21.0. The lowest BCUT2D eigenvalue weighted by atomic mass is 9.82. The van der Waals surface area contributed by atoms with Gasteiger partial charge in [0.2, 0.25) is 6.79 Å². The molecule has 8 nitrogen and oxygen atoms in total. The third-order valence-corrected chi connectivity index (χ3v) is 7.42. The zero-order chi connectivity index (χ0) is 25.1. The molecule has 35 heavy (non-hydrogen) atoms. The molecule has 1 atom stereocenters. The SMILES string of the molecule is CC[C@](C)(O)c1cc2n(c(=O)c1COC)Cc1c-2nc2cc3c(cc2c1CC(C)(C)CN)OCO3. The molecular formula is C27H33N3O5. The first-order valence-electron chi connectivity index (χ1n) is 12.0. The monoisotopic (exact) mass is 479 g/mol. The van der Waals surface area contributed by atoms with E-state index in [0.29, 0.717) is 47.8 Å². The number of ether oxygens (including phenoxy) is 3. The Morgan fingerprint density at radius 3 is 2.54 bits per heavy atom. The molecule has 3 N–H and O–H groups in total. The van der Waals surface area contributed by atoms with E-state index in [0.717, 1.165) is 34.1 Å². The van der Waals surface area contributed by atoms with Crippen LogP contribution in [0.5, 0.6) is 11.5 Å². The lowest BCUT2D eigenvalue weighted by Crippen LogP contribution is -2.31. The van der Waals surface area contributed by atoms with Gasteiger partial charge in [-0.3, -0.25) is 4.79 Å². The van der Waals surface area contributed by atoms with Crippen LogP contribution < -0.4 is 20.8 Å². The van der Waals surface area contributed by atoms with E-state index in [1.165, 1.54) is 0 Å². The summed E-state index contributed by atoms with van der Waals surface area (Å²) in [6.45, 7) is 9.15. The van der Waals surface area contributed by atoms with Crippen LogP contribution in [0.1, 0.15) is 56.4 Å². The van der Waals surface area contributed by atoms with Crippen molar-refractivity contribution in [2.45, 2.75) is 59.3 Å². The molecule has 0 spiro atoms. The third-order valence-electron chi connectivity index (χ3n) is 7.42. The summed E-state index contributed by atoms with van der Waals surface area (Å²) in [6, 6.07) is 5.80. The smallest absolute Gasteiger partial charge is 0.257 e. The van der Waals surface area contributed by atoms with Gasteiger partial charge in [-0.1, -0.05) is 20.8 Å². The average molecular weight is 480 g/mol. The van der Waals surface area contributed by atoms with E-state index >= 15 is 0 Å². The molecule has 0 radical (unpaired) electrons. The van der Waals surface area contributed by atoms with Crippen molar-refractivity contribution in [2.24, 2.45) is 11.1 Å². The number of fused-ring (bicyclic) bond motifs is 5. The van der Waals surface area contributed by atoms with Gasteiger partial charge in [0, 0.05) is 29.7 Å². The van der Waals surface area contributed by atoms with Gasteiger partial charge < -0.3 is 29.6 Å². The van der Waals surface area contributed by atoms with Crippen molar-refractivity contribution in [3.05, 3.63) is 50.8 Å². The zero-order valence-corrected chi connectivity index (χ0v) is 21.0. The fraction of sp³-hybridized carbons (Fsp3) is 0.481. The van der Waals surface area contributed by atoms with Gasteiger partial charge in [-0.25, -0.2) is 4.98 Å². The summed E-state index contributed by atoms with van der Waals surface area (Å²) < 4.78 is 18.4. The van der Waals surface area contributed by atoms with E-state index in [1.54, 1.807) is 18.6 Å². The highest BCUT2D eigenvalue weighted by Crippen LogP contribution is 2.43. The number of hydrogen-bond donors (Lipinski definition) is 2. The second kappa shape index (κ2) is 8.33. The topological polar surface area (TPSA) is 109 Å². The fourth-order valence-electron chi connectivity index (χ4n) is 5.05. The molecule has 1 aromatic carbocycles. The summed E-state index contributed by atoms with van der Waals surface area (Å²) in [5.41, 5.74) is 10.1. The minimum absolute atomic E-state index is 0.130. The van der Waals surface area contributed by atoms with Crippen LogP contribution in [0.25, 0.3) is 22.3 Å². The standard InChI is InChI=1S/C27H33N3O5/c1-6-27(4,32)19-8-21-24-17(11-30(21)25(31)18(19)12-33-5)16(10-26(2,3)13-28)15-7-22-23(35-14-34-22)9-20(15)29-24/h7-9,32H,6,10-14,28H2,1-5H3/t27-/m0/s1. The van der Waals surface area contributed by atoms with Gasteiger partial charge in [-0.2, -0.15) is 0 Å². The number of hydrogen-bond acceptors (Lipinski definition) is 7. The predicted octanol–water partition coefficient (Wildman–Crippen LogP) is 3.45. The molecule has 0 saturated carbocycles. The van der Waals surface area contributed by atoms with Crippen molar-refractivity contribution in [1.29, 1.82) is 0 Å². The van der Waals surface area contributed by atoms with E-state index in [4.69, 9.17) is 24.9 Å². The molecule has 186 valence electrons. The maximum Gasteiger partial charge on any atom is 0.257 e. The van der Waals surface area contributed by atoms with Crippen LogP contribution >= 0.6 is 0 Å². The van der Waals surface area contributed by atoms with Gasteiger partial charge in [0.25, 0.3) is 5.56 Å². The highest BCUT2D eigenvalue weighted by Gasteiger charge is 2.34. The van der Waals surface area contributed by atoms with Gasteiger partial charge >= 0.3 is 0 Å². The maximum atomic E-state index is 13.7. The van der Waals surface area contributed by atoms with Crippen molar-refractivity contribution in [3.8, 4) is 22.9 Å². The Bertz CT molecular complexity index is 1390. The number of aliphatic hydroxyl groups is 1. The van der Waals surface area contributed by atoms with Crippen LogP contribution in [0, 0.1) is 5.41 Å². The first kappa shape index (κ1) is 23.8. The number of pyridine rings is 2. The van der Waals surface area contributed by atoms with Crippen LogP contribution in [0.3, 0.4) is 0 Å². The Balaban J connectivity index is 1.81. The molecule has 0 aliphatic carbocycles. The predicted molar refractivity (Wildman–Crippen MR) is 134 cm³/mol. The Morgan fingerprint density at radius 1 is 1.17 bits per heavy atom. The highest BCUT2D eigenvalue weighted by molar-refractivity contribution is 5.91. The van der Waals surface area contributed by atoms with Crippen molar-refractivity contribution >= 4 is 10.9 Å². The molecule has 0 bridgehead atoms. The van der Waals surface area contributed by atoms with Gasteiger partial charge in [0.05, 0.1) is 35.7 Å². The van der Waals surface area contributed by atoms with Crippen molar-refractivity contribution in [1.82, 2.24) is 9.55 Å². The molecule has 2 aliphatic heterocycles. The van der Waals surface area contributed by atoms with Gasteiger partial charge in [0.15, 0.2) is 11.5 Å². The molecule has 2 aliphatic rings. The summed E-state index contributed by atoms with van der Waals surface area (Å²) in [6.07, 6.45) is 1.18. The number of nitrogens with two attached hydrogens (primary N) is 1. The lowest BCUT2D eigenvalue weighted by molar-refractivity contribution is 0.0495. The lowest BCUT2D eigenvalue weighted by Gasteiger charge is -2.25. The Morgan fingerprint density at radius 2 is 1.89 bits per heavy atom. The summed E-state index contributed by atoms with van der Waals surface area (Å²) in [5.74, 6) is 1.36. The summed E-state index contributed by atoms with van der Waals surface area (Å²) in [5, 5.41) is 12.1. The van der Waals surface area contributed by atoms with Crippen LogP contribution in [0.2, 0.25) is 0 Å². The summed E-state index contributed by atoms with van der Waals surface area (Å²) in [7, 11) is 1.56. The van der Waals surface area contributed by atoms with Gasteiger partial charge in [-0.15, -0.1) is 0 Å². The van der Waals surface area contributed by atoms with Crippen LogP contribution in [0.15, 0.2) is 23.0 Å². The fourth-order valence-corrected chi connectivity index (χ4v) is 5.05. The highest BCUT2D eigenvalue weighted by atomic mass is 16.7. The van der Waals surface area contributed by atoms with E-state index in [9.17, 15) is 9.90 Å². The second-order valence-corrected chi connectivity index (χ2v) is 10.6. The largest absolute Gasteiger partial charge is 0.454 e. The van der Waals surface area contributed by atoms with Crippen molar-refractivity contribution in [3.63, 3.8) is 0 Å². The maximum absolute atomic E-state index is 13.7. The van der Waals surface area contributed by atoms with E-state index in [2.05, 4.69) is 13.8 Å². The molecule has 8 heteroatoms. The molecular weight excluding hydrogens is 446 g/mol. The molecule has 0 unspecified atom stereocenters. The average Bonchev–Trinajstić information content (AvgIpc) is 3.43. The van der Waals surface area contributed by atoms with Crippen molar-refractivity contribution < 1.29 is 19.3 Å². The Hall–Kier alpha value is -2.94. The normalized spacial score (nSPS) is 15.9. The van der Waals surface area contributed by atoms with E-state index in [1.807, 2.05) is 25.1 Å². The first-order chi connectivity index (χ1) is 16.6. The Labute approximate surface area is 204 Å². The molecule has 0 fully saturated rings. The summed E-state index contributed by atoms with van der Waals surface area (Å²) >= 11 is 0. The minimum Gasteiger partial charge on any atom is -0.454 e. The number of aromatic nitrogens is 2. The third kappa shape index (κ3) is 3.80. The molecule has 5 rings (SSSR count). The van der Waals surface area contributed by atoms with Crippen molar-refractivity contribution in [2.75, 3.05) is 20.4 Å². The Kier molecular flexibility index (Phi) is 5.66. The number of rotatable bonds is 7. The second-order valence-electron chi connectivity index (χ2n) is 10.6. The molecule has 3 aromatic rings. The summed E-state index contributed by atoms with van der Waals surface area (Å²) in [4.78, 5) is 18.7.